The third-order valence-corrected chi connectivity index (χ3v) is 5.32. The summed E-state index contributed by atoms with van der Waals surface area (Å²) in [6.45, 7) is 6.94. The molecular weight excluding hydrogens is 357 g/mol. The SMILES string of the molecule is CC1CCCCN1Cc1ccccc1CNC(=O)C1CCNC1.Cl.Cl. The van der Waals surface area contributed by atoms with Gasteiger partial charge in [0.25, 0.3) is 0 Å². The molecular formula is C19H31Cl2N3O. The summed E-state index contributed by atoms with van der Waals surface area (Å²) in [7, 11) is 0. The predicted octanol–water partition coefficient (Wildman–Crippen LogP) is 3.13. The fourth-order valence-electron chi connectivity index (χ4n) is 3.70. The van der Waals surface area contributed by atoms with Gasteiger partial charge in [-0.15, -0.1) is 24.8 Å². The summed E-state index contributed by atoms with van der Waals surface area (Å²) in [6.07, 6.45) is 4.91. The van der Waals surface area contributed by atoms with E-state index in [1.54, 1.807) is 0 Å². The molecule has 4 nitrogen and oxygen atoms in total. The van der Waals surface area contributed by atoms with Crippen molar-refractivity contribution < 1.29 is 4.79 Å². The van der Waals surface area contributed by atoms with Crippen molar-refractivity contribution in [2.45, 2.75) is 51.7 Å². The molecule has 6 heteroatoms. The average Bonchev–Trinajstić information content (AvgIpc) is 3.10. The molecule has 1 aromatic rings. The number of halogens is 2. The Hall–Kier alpha value is -0.810. The number of amides is 1. The molecule has 0 radical (unpaired) electrons. The molecule has 2 aliphatic heterocycles. The summed E-state index contributed by atoms with van der Waals surface area (Å²) in [5.41, 5.74) is 2.61. The summed E-state index contributed by atoms with van der Waals surface area (Å²) in [5.74, 6) is 0.334. The summed E-state index contributed by atoms with van der Waals surface area (Å²) >= 11 is 0. The van der Waals surface area contributed by atoms with Crippen molar-refractivity contribution in [3.05, 3.63) is 35.4 Å². The summed E-state index contributed by atoms with van der Waals surface area (Å²) < 4.78 is 0. The lowest BCUT2D eigenvalue weighted by atomic mass is 10.0. The van der Waals surface area contributed by atoms with Gasteiger partial charge in [0.1, 0.15) is 0 Å². The van der Waals surface area contributed by atoms with Crippen LogP contribution in [0.1, 0.15) is 43.7 Å². The molecule has 0 spiro atoms. The van der Waals surface area contributed by atoms with Crippen LogP contribution in [0.5, 0.6) is 0 Å². The van der Waals surface area contributed by atoms with E-state index in [-0.39, 0.29) is 36.6 Å². The van der Waals surface area contributed by atoms with Crippen LogP contribution in [0.4, 0.5) is 0 Å². The fraction of sp³-hybridized carbons (Fsp3) is 0.632. The molecule has 2 fully saturated rings. The molecule has 0 bridgehead atoms. The van der Waals surface area contributed by atoms with Crippen LogP contribution in [0.25, 0.3) is 0 Å². The summed E-state index contributed by atoms with van der Waals surface area (Å²) in [6, 6.07) is 9.20. The second-order valence-corrected chi connectivity index (χ2v) is 6.99. The number of hydrogen-bond donors (Lipinski definition) is 2. The molecule has 2 heterocycles. The van der Waals surface area contributed by atoms with Gasteiger partial charge in [-0.1, -0.05) is 30.7 Å². The Morgan fingerprint density at radius 3 is 2.64 bits per heavy atom. The van der Waals surface area contributed by atoms with Gasteiger partial charge in [0.15, 0.2) is 0 Å². The van der Waals surface area contributed by atoms with Gasteiger partial charge in [0, 0.05) is 25.7 Å². The number of benzene rings is 1. The largest absolute Gasteiger partial charge is 0.352 e. The molecule has 3 rings (SSSR count). The first-order valence-electron chi connectivity index (χ1n) is 9.03. The average molecular weight is 388 g/mol. The molecule has 2 atom stereocenters. The fourth-order valence-corrected chi connectivity index (χ4v) is 3.70. The lowest BCUT2D eigenvalue weighted by Crippen LogP contribution is -2.37. The van der Waals surface area contributed by atoms with Crippen molar-refractivity contribution in [2.24, 2.45) is 5.92 Å². The zero-order valence-electron chi connectivity index (χ0n) is 15.0. The van der Waals surface area contributed by atoms with Crippen molar-refractivity contribution in [2.75, 3.05) is 19.6 Å². The first kappa shape index (κ1) is 22.2. The Morgan fingerprint density at radius 2 is 1.96 bits per heavy atom. The highest BCUT2D eigenvalue weighted by Gasteiger charge is 2.22. The van der Waals surface area contributed by atoms with Gasteiger partial charge in [0.05, 0.1) is 5.92 Å². The summed E-state index contributed by atoms with van der Waals surface area (Å²) in [5, 5.41) is 6.39. The normalized spacial score (nSPS) is 23.4. The monoisotopic (exact) mass is 387 g/mol. The van der Waals surface area contributed by atoms with Crippen LogP contribution in [-0.2, 0) is 17.9 Å². The number of carbonyl (C=O) groups excluding carboxylic acids is 1. The lowest BCUT2D eigenvalue weighted by molar-refractivity contribution is -0.124. The number of likely N-dealkylation sites (tertiary alicyclic amines) is 1. The van der Waals surface area contributed by atoms with Gasteiger partial charge in [-0.2, -0.15) is 0 Å². The number of nitrogens with one attached hydrogen (secondary N) is 2. The molecule has 2 N–H and O–H groups in total. The highest BCUT2D eigenvalue weighted by molar-refractivity contribution is 5.85. The maximum Gasteiger partial charge on any atom is 0.224 e. The van der Waals surface area contributed by atoms with Gasteiger partial charge in [-0.05, 0) is 50.4 Å². The second-order valence-electron chi connectivity index (χ2n) is 6.99. The molecule has 25 heavy (non-hydrogen) atoms. The van der Waals surface area contributed by atoms with Crippen molar-refractivity contribution >= 4 is 30.7 Å². The topological polar surface area (TPSA) is 44.4 Å². The molecule has 2 aliphatic rings. The lowest BCUT2D eigenvalue weighted by Gasteiger charge is -2.33. The Labute approximate surface area is 163 Å². The maximum absolute atomic E-state index is 12.2. The van der Waals surface area contributed by atoms with Crippen LogP contribution in [0.3, 0.4) is 0 Å². The molecule has 1 aromatic carbocycles. The highest BCUT2D eigenvalue weighted by Crippen LogP contribution is 2.21. The number of piperidine rings is 1. The Bertz CT molecular complexity index is 535. The number of rotatable bonds is 5. The van der Waals surface area contributed by atoms with E-state index in [9.17, 15) is 4.79 Å². The van der Waals surface area contributed by atoms with E-state index in [1.165, 1.54) is 36.9 Å². The van der Waals surface area contributed by atoms with Crippen LogP contribution in [0.15, 0.2) is 24.3 Å². The van der Waals surface area contributed by atoms with Gasteiger partial charge in [0.2, 0.25) is 5.91 Å². The smallest absolute Gasteiger partial charge is 0.224 e. The van der Waals surface area contributed by atoms with E-state index in [0.717, 1.165) is 26.1 Å². The molecule has 0 aromatic heterocycles. The van der Waals surface area contributed by atoms with Gasteiger partial charge in [-0.3, -0.25) is 9.69 Å². The third-order valence-electron chi connectivity index (χ3n) is 5.32. The van der Waals surface area contributed by atoms with Crippen LogP contribution < -0.4 is 10.6 Å². The van der Waals surface area contributed by atoms with Crippen LogP contribution in [0, 0.1) is 5.92 Å². The standard InChI is InChI=1S/C19H29N3O.2ClH/c1-15-6-4-5-11-22(15)14-18-8-3-2-7-16(18)13-21-19(23)17-9-10-20-12-17;;/h2-3,7-8,15,17,20H,4-6,9-14H2,1H3,(H,21,23);2*1H. The first-order chi connectivity index (χ1) is 11.2. The predicted molar refractivity (Wildman–Crippen MR) is 107 cm³/mol. The van der Waals surface area contributed by atoms with Crippen LogP contribution >= 0.6 is 24.8 Å². The number of hydrogen-bond acceptors (Lipinski definition) is 3. The zero-order chi connectivity index (χ0) is 16.1. The maximum atomic E-state index is 12.2. The Balaban J connectivity index is 0.00000156. The minimum absolute atomic E-state index is 0. The van der Waals surface area contributed by atoms with Crippen LogP contribution in [0.2, 0.25) is 0 Å². The van der Waals surface area contributed by atoms with Crippen molar-refractivity contribution in [3.63, 3.8) is 0 Å². The van der Waals surface area contributed by atoms with Crippen molar-refractivity contribution in [1.82, 2.24) is 15.5 Å². The molecule has 2 unspecified atom stereocenters. The van der Waals surface area contributed by atoms with E-state index in [2.05, 4.69) is 46.7 Å². The minimum atomic E-state index is 0. The van der Waals surface area contributed by atoms with Crippen molar-refractivity contribution in [3.8, 4) is 0 Å². The quantitative estimate of drug-likeness (QED) is 0.815. The minimum Gasteiger partial charge on any atom is -0.352 e. The second kappa shape index (κ2) is 11.0. The molecule has 142 valence electrons. The molecule has 2 saturated heterocycles. The highest BCUT2D eigenvalue weighted by atomic mass is 35.5. The first-order valence-corrected chi connectivity index (χ1v) is 9.03. The van der Waals surface area contributed by atoms with E-state index in [4.69, 9.17) is 0 Å². The number of carbonyl (C=O) groups is 1. The third kappa shape index (κ3) is 6.14. The van der Waals surface area contributed by atoms with Gasteiger partial charge < -0.3 is 10.6 Å². The van der Waals surface area contributed by atoms with Gasteiger partial charge in [-0.25, -0.2) is 0 Å². The Morgan fingerprint density at radius 1 is 1.20 bits per heavy atom. The van der Waals surface area contributed by atoms with Crippen LogP contribution in [-0.4, -0.2) is 36.5 Å². The molecule has 1 amide bonds. The van der Waals surface area contributed by atoms with Crippen molar-refractivity contribution in [1.29, 1.82) is 0 Å². The van der Waals surface area contributed by atoms with E-state index in [0.29, 0.717) is 12.6 Å². The number of nitrogens with zero attached hydrogens (tertiary/aromatic N) is 1. The molecule has 0 saturated carbocycles. The van der Waals surface area contributed by atoms with Gasteiger partial charge >= 0.3 is 0 Å². The Kier molecular flexibility index (Phi) is 9.80. The zero-order valence-corrected chi connectivity index (χ0v) is 16.6. The van der Waals surface area contributed by atoms with E-state index in [1.807, 2.05) is 0 Å². The molecule has 0 aliphatic carbocycles. The van der Waals surface area contributed by atoms with E-state index >= 15 is 0 Å². The van der Waals surface area contributed by atoms with E-state index < -0.39 is 0 Å². The summed E-state index contributed by atoms with van der Waals surface area (Å²) in [4.78, 5) is 14.8.